The van der Waals surface area contributed by atoms with Crippen molar-refractivity contribution in [2.45, 2.75) is 39.5 Å². The Morgan fingerprint density at radius 1 is 1.06 bits per heavy atom. The zero-order chi connectivity index (χ0) is 23.5. The van der Waals surface area contributed by atoms with Crippen LogP contribution in [0.2, 0.25) is 15.1 Å². The Kier molecular flexibility index (Phi) is 7.65. The first kappa shape index (κ1) is 24.1. The van der Waals surface area contributed by atoms with Crippen LogP contribution in [-0.4, -0.2) is 33.8 Å². The van der Waals surface area contributed by atoms with Gasteiger partial charge in [0.2, 0.25) is 0 Å². The SMILES string of the molecule is CCC1CCCN(NC(=O)c2nn(-c3ccc(Cl)cc3Cl)c(-c3ccc(Cl)cc3)c2C)CC1. The van der Waals surface area contributed by atoms with Crippen LogP contribution in [0.4, 0.5) is 0 Å². The smallest absolute Gasteiger partial charge is 0.283 e. The van der Waals surface area contributed by atoms with Crippen LogP contribution in [0.15, 0.2) is 42.5 Å². The molecule has 1 saturated heterocycles. The van der Waals surface area contributed by atoms with E-state index >= 15 is 0 Å². The predicted molar refractivity (Wildman–Crippen MR) is 135 cm³/mol. The molecule has 0 bridgehead atoms. The Morgan fingerprint density at radius 3 is 2.48 bits per heavy atom. The summed E-state index contributed by atoms with van der Waals surface area (Å²) in [6.07, 6.45) is 4.53. The molecule has 4 rings (SSSR count). The zero-order valence-electron chi connectivity index (χ0n) is 18.7. The van der Waals surface area contributed by atoms with Crippen LogP contribution in [0.3, 0.4) is 0 Å². The molecule has 0 spiro atoms. The second kappa shape index (κ2) is 10.5. The van der Waals surface area contributed by atoms with Gasteiger partial charge in [0.05, 0.1) is 16.4 Å². The molecule has 33 heavy (non-hydrogen) atoms. The highest BCUT2D eigenvalue weighted by molar-refractivity contribution is 6.35. The standard InChI is InChI=1S/C25H27Cl3N4O/c1-3-17-5-4-13-31(14-12-17)30-25(33)23-16(2)24(18-6-8-19(26)9-7-18)32(29-23)22-11-10-20(27)15-21(22)28/h6-11,15,17H,3-5,12-14H2,1-2H3,(H,30,33). The van der Waals surface area contributed by atoms with Gasteiger partial charge in [0.15, 0.2) is 5.69 Å². The zero-order valence-corrected chi connectivity index (χ0v) is 21.0. The molecule has 5 nitrogen and oxygen atoms in total. The fourth-order valence-electron chi connectivity index (χ4n) is 4.37. The highest BCUT2D eigenvalue weighted by atomic mass is 35.5. The highest BCUT2D eigenvalue weighted by Gasteiger charge is 2.25. The molecule has 0 aliphatic carbocycles. The molecule has 174 valence electrons. The van der Waals surface area contributed by atoms with Crippen LogP contribution in [0.5, 0.6) is 0 Å². The van der Waals surface area contributed by atoms with E-state index in [1.807, 2.05) is 36.2 Å². The van der Waals surface area contributed by atoms with E-state index in [2.05, 4.69) is 12.3 Å². The Labute approximate surface area is 209 Å². The second-order valence-corrected chi connectivity index (χ2v) is 9.75. The minimum atomic E-state index is -0.221. The van der Waals surface area contributed by atoms with Crippen molar-refractivity contribution in [2.75, 3.05) is 13.1 Å². The molecule has 1 atom stereocenters. The normalized spacial score (nSPS) is 17.1. The molecule has 8 heteroatoms. The first-order chi connectivity index (χ1) is 15.9. The number of amides is 1. The largest absolute Gasteiger partial charge is 0.286 e. The van der Waals surface area contributed by atoms with Crippen LogP contribution in [0.25, 0.3) is 16.9 Å². The Balaban J connectivity index is 1.71. The maximum absolute atomic E-state index is 13.3. The van der Waals surface area contributed by atoms with Gasteiger partial charge in [-0.15, -0.1) is 0 Å². The van der Waals surface area contributed by atoms with Crippen molar-refractivity contribution in [3.05, 3.63) is 68.8 Å². The number of hydrazine groups is 1. The fourth-order valence-corrected chi connectivity index (χ4v) is 4.98. The van der Waals surface area contributed by atoms with E-state index in [1.54, 1.807) is 22.9 Å². The monoisotopic (exact) mass is 504 g/mol. The van der Waals surface area contributed by atoms with E-state index in [-0.39, 0.29) is 5.91 Å². The molecular weight excluding hydrogens is 479 g/mol. The molecule has 1 unspecified atom stereocenters. The summed E-state index contributed by atoms with van der Waals surface area (Å²) in [6.45, 7) is 5.82. The van der Waals surface area contributed by atoms with Gasteiger partial charge in [-0.05, 0) is 62.4 Å². The molecule has 0 saturated carbocycles. The Morgan fingerprint density at radius 2 is 1.79 bits per heavy atom. The van der Waals surface area contributed by atoms with E-state index < -0.39 is 0 Å². The fraction of sp³-hybridized carbons (Fsp3) is 0.360. The Bertz CT molecular complexity index is 1140. The van der Waals surface area contributed by atoms with E-state index in [4.69, 9.17) is 39.9 Å². The average Bonchev–Trinajstić information content (AvgIpc) is 2.97. The molecule has 0 radical (unpaired) electrons. The van der Waals surface area contributed by atoms with Gasteiger partial charge in [-0.3, -0.25) is 10.2 Å². The molecule has 3 aromatic rings. The van der Waals surface area contributed by atoms with Crippen molar-refractivity contribution in [2.24, 2.45) is 5.92 Å². The van der Waals surface area contributed by atoms with E-state index in [0.29, 0.717) is 26.4 Å². The molecule has 1 amide bonds. The summed E-state index contributed by atoms with van der Waals surface area (Å²) in [5.74, 6) is 0.498. The number of carbonyl (C=O) groups excluding carboxylic acids is 1. The minimum Gasteiger partial charge on any atom is -0.283 e. The number of aromatic nitrogens is 2. The van der Waals surface area contributed by atoms with Gasteiger partial charge in [-0.1, -0.05) is 60.3 Å². The molecule has 1 aromatic heterocycles. The molecule has 2 heterocycles. The maximum atomic E-state index is 13.3. The summed E-state index contributed by atoms with van der Waals surface area (Å²) in [5.41, 5.74) is 6.52. The predicted octanol–water partition coefficient (Wildman–Crippen LogP) is 6.96. The minimum absolute atomic E-state index is 0.221. The summed E-state index contributed by atoms with van der Waals surface area (Å²) in [7, 11) is 0. The summed E-state index contributed by atoms with van der Waals surface area (Å²) in [5, 5.41) is 8.35. The lowest BCUT2D eigenvalue weighted by molar-refractivity contribution is 0.0786. The average molecular weight is 506 g/mol. The lowest BCUT2D eigenvalue weighted by Crippen LogP contribution is -2.43. The number of benzene rings is 2. The van der Waals surface area contributed by atoms with Crippen LogP contribution in [0.1, 0.15) is 48.7 Å². The van der Waals surface area contributed by atoms with Crippen molar-refractivity contribution in [3.8, 4) is 16.9 Å². The topological polar surface area (TPSA) is 50.2 Å². The van der Waals surface area contributed by atoms with E-state index in [0.717, 1.165) is 48.7 Å². The summed E-state index contributed by atoms with van der Waals surface area (Å²) in [4.78, 5) is 13.3. The Hall–Kier alpha value is -2.05. The maximum Gasteiger partial charge on any atom is 0.286 e. The van der Waals surface area contributed by atoms with Gasteiger partial charge in [-0.2, -0.15) is 5.10 Å². The van der Waals surface area contributed by atoms with E-state index in [9.17, 15) is 4.79 Å². The summed E-state index contributed by atoms with van der Waals surface area (Å²) >= 11 is 18.7. The van der Waals surface area contributed by atoms with Crippen molar-refractivity contribution in [1.29, 1.82) is 0 Å². The van der Waals surface area contributed by atoms with Gasteiger partial charge in [0.25, 0.3) is 5.91 Å². The van der Waals surface area contributed by atoms with Crippen LogP contribution < -0.4 is 5.43 Å². The number of nitrogens with one attached hydrogen (secondary N) is 1. The van der Waals surface area contributed by atoms with Crippen LogP contribution in [0, 0.1) is 12.8 Å². The van der Waals surface area contributed by atoms with Gasteiger partial charge < -0.3 is 0 Å². The molecule has 1 aliphatic rings. The molecule has 1 fully saturated rings. The van der Waals surface area contributed by atoms with Gasteiger partial charge >= 0.3 is 0 Å². The van der Waals surface area contributed by atoms with Crippen molar-refractivity contribution < 1.29 is 4.79 Å². The number of nitrogens with zero attached hydrogens (tertiary/aromatic N) is 3. The number of halogens is 3. The molecule has 2 aromatic carbocycles. The van der Waals surface area contributed by atoms with Crippen molar-refractivity contribution in [1.82, 2.24) is 20.2 Å². The number of carbonyl (C=O) groups is 1. The number of rotatable bonds is 5. The highest BCUT2D eigenvalue weighted by Crippen LogP contribution is 2.33. The van der Waals surface area contributed by atoms with Crippen LogP contribution in [-0.2, 0) is 0 Å². The van der Waals surface area contributed by atoms with E-state index in [1.165, 1.54) is 12.8 Å². The first-order valence-corrected chi connectivity index (χ1v) is 12.4. The first-order valence-electron chi connectivity index (χ1n) is 11.2. The number of hydrogen-bond acceptors (Lipinski definition) is 3. The van der Waals surface area contributed by atoms with Crippen molar-refractivity contribution >= 4 is 40.7 Å². The van der Waals surface area contributed by atoms with Gasteiger partial charge in [0.1, 0.15) is 0 Å². The summed E-state index contributed by atoms with van der Waals surface area (Å²) < 4.78 is 1.71. The van der Waals surface area contributed by atoms with Gasteiger partial charge in [-0.25, -0.2) is 9.69 Å². The molecule has 1 aliphatic heterocycles. The third kappa shape index (κ3) is 5.38. The van der Waals surface area contributed by atoms with Crippen molar-refractivity contribution in [3.63, 3.8) is 0 Å². The van der Waals surface area contributed by atoms with Gasteiger partial charge in [0, 0.05) is 34.3 Å². The van der Waals surface area contributed by atoms with Crippen LogP contribution >= 0.6 is 34.8 Å². The summed E-state index contributed by atoms with van der Waals surface area (Å²) in [6, 6.07) is 12.7. The quantitative estimate of drug-likeness (QED) is 0.407. The second-order valence-electron chi connectivity index (χ2n) is 8.47. The molecular formula is C25H27Cl3N4O. The molecule has 1 N–H and O–H groups in total. The lowest BCUT2D eigenvalue weighted by Gasteiger charge is -2.20. The third-order valence-electron chi connectivity index (χ3n) is 6.28. The lowest BCUT2D eigenvalue weighted by atomic mass is 9.98. The number of hydrogen-bond donors (Lipinski definition) is 1. The third-order valence-corrected chi connectivity index (χ3v) is 7.07.